The molecule has 4 heteroatoms. The first-order chi connectivity index (χ1) is 10.9. The summed E-state index contributed by atoms with van der Waals surface area (Å²) in [6.07, 6.45) is 5.23. The van der Waals surface area contributed by atoms with Crippen LogP contribution in [-0.4, -0.2) is 32.8 Å². The van der Waals surface area contributed by atoms with Crippen molar-refractivity contribution in [1.29, 1.82) is 0 Å². The molecule has 0 aliphatic carbocycles. The lowest BCUT2D eigenvalue weighted by molar-refractivity contribution is -0.0455. The molecule has 0 aromatic heterocycles. The fourth-order valence-corrected chi connectivity index (χ4v) is 4.48. The van der Waals surface area contributed by atoms with Crippen molar-refractivity contribution in [1.82, 2.24) is 5.32 Å². The second kappa shape index (κ2) is 6.09. The summed E-state index contributed by atoms with van der Waals surface area (Å²) in [5.41, 5.74) is 2.53. The standard InChI is InChI=1S/C18H26N2O2/c1-21-13-4-5-16-15(11-13)18-14(3-2-10-22-18)17(20-16)12-6-8-19-9-7-12/h4-5,11-12,14,17-20H,2-3,6-10H2,1H3/t14-,17+,18?/m0/s1. The van der Waals surface area contributed by atoms with Crippen LogP contribution in [0.4, 0.5) is 5.69 Å². The highest BCUT2D eigenvalue weighted by atomic mass is 16.5. The van der Waals surface area contributed by atoms with Crippen molar-refractivity contribution in [2.24, 2.45) is 11.8 Å². The van der Waals surface area contributed by atoms with Gasteiger partial charge < -0.3 is 20.1 Å². The summed E-state index contributed by atoms with van der Waals surface area (Å²) < 4.78 is 11.6. The Labute approximate surface area is 132 Å². The lowest BCUT2D eigenvalue weighted by Gasteiger charge is -2.47. The fourth-order valence-electron chi connectivity index (χ4n) is 4.48. The number of ether oxygens (including phenoxy) is 2. The molecular formula is C18H26N2O2. The minimum atomic E-state index is 0.236. The van der Waals surface area contributed by atoms with Gasteiger partial charge in [0.15, 0.2) is 0 Å². The Balaban J connectivity index is 1.67. The van der Waals surface area contributed by atoms with Gasteiger partial charge in [-0.15, -0.1) is 0 Å². The normalized spacial score (nSPS) is 31.8. The number of hydrogen-bond donors (Lipinski definition) is 2. The Morgan fingerprint density at radius 2 is 2.05 bits per heavy atom. The third kappa shape index (κ3) is 2.48. The number of piperidine rings is 1. The van der Waals surface area contributed by atoms with Crippen molar-refractivity contribution in [2.75, 3.05) is 32.1 Å². The predicted octanol–water partition coefficient (Wildman–Crippen LogP) is 2.96. The highest BCUT2D eigenvalue weighted by Crippen LogP contribution is 2.47. The van der Waals surface area contributed by atoms with Crippen molar-refractivity contribution in [2.45, 2.75) is 37.8 Å². The first kappa shape index (κ1) is 14.3. The zero-order valence-corrected chi connectivity index (χ0v) is 13.3. The Hall–Kier alpha value is -1.26. The molecule has 1 aromatic rings. The van der Waals surface area contributed by atoms with Gasteiger partial charge in [0.1, 0.15) is 5.75 Å². The number of anilines is 1. The highest BCUT2D eigenvalue weighted by Gasteiger charge is 2.42. The average Bonchev–Trinajstić information content (AvgIpc) is 2.61. The molecule has 0 bridgehead atoms. The number of benzene rings is 1. The van der Waals surface area contributed by atoms with Crippen LogP contribution in [0.1, 0.15) is 37.4 Å². The van der Waals surface area contributed by atoms with E-state index in [0.717, 1.165) is 31.4 Å². The molecule has 3 heterocycles. The molecule has 3 aliphatic rings. The van der Waals surface area contributed by atoms with Crippen molar-refractivity contribution < 1.29 is 9.47 Å². The molecule has 2 N–H and O–H groups in total. The summed E-state index contributed by atoms with van der Waals surface area (Å²) >= 11 is 0. The van der Waals surface area contributed by atoms with Crippen molar-refractivity contribution in [3.05, 3.63) is 23.8 Å². The highest BCUT2D eigenvalue weighted by molar-refractivity contribution is 5.58. The van der Waals surface area contributed by atoms with Gasteiger partial charge in [-0.1, -0.05) is 0 Å². The van der Waals surface area contributed by atoms with E-state index in [9.17, 15) is 0 Å². The topological polar surface area (TPSA) is 42.5 Å². The van der Waals surface area contributed by atoms with Gasteiger partial charge in [0.2, 0.25) is 0 Å². The van der Waals surface area contributed by atoms with Crippen LogP contribution >= 0.6 is 0 Å². The predicted molar refractivity (Wildman–Crippen MR) is 87.4 cm³/mol. The van der Waals surface area contributed by atoms with Gasteiger partial charge in [0.05, 0.1) is 13.2 Å². The van der Waals surface area contributed by atoms with E-state index < -0.39 is 0 Å². The van der Waals surface area contributed by atoms with Crippen LogP contribution in [0.2, 0.25) is 0 Å². The molecule has 3 aliphatic heterocycles. The molecule has 4 nitrogen and oxygen atoms in total. The summed E-state index contributed by atoms with van der Waals surface area (Å²) in [6.45, 7) is 3.18. The van der Waals surface area contributed by atoms with Crippen LogP contribution < -0.4 is 15.4 Å². The SMILES string of the molecule is COc1ccc2c(c1)C1OCCC[C@H]1[C@@H](C1CCNCC1)N2. The smallest absolute Gasteiger partial charge is 0.119 e. The molecule has 2 saturated heterocycles. The van der Waals surface area contributed by atoms with Gasteiger partial charge in [-0.2, -0.15) is 0 Å². The number of rotatable bonds is 2. The molecule has 0 amide bonds. The van der Waals surface area contributed by atoms with Gasteiger partial charge in [-0.05, 0) is 62.9 Å². The zero-order chi connectivity index (χ0) is 14.9. The molecule has 1 unspecified atom stereocenters. The quantitative estimate of drug-likeness (QED) is 0.881. The first-order valence-corrected chi connectivity index (χ1v) is 8.63. The second-order valence-corrected chi connectivity index (χ2v) is 6.81. The third-order valence-electron chi connectivity index (χ3n) is 5.61. The maximum absolute atomic E-state index is 6.22. The van der Waals surface area contributed by atoms with E-state index in [1.807, 2.05) is 0 Å². The van der Waals surface area contributed by atoms with Gasteiger partial charge >= 0.3 is 0 Å². The van der Waals surface area contributed by atoms with E-state index in [0.29, 0.717) is 12.0 Å². The monoisotopic (exact) mass is 302 g/mol. The summed E-state index contributed by atoms with van der Waals surface area (Å²) in [5, 5.41) is 7.34. The summed E-state index contributed by atoms with van der Waals surface area (Å²) in [7, 11) is 1.73. The average molecular weight is 302 g/mol. The largest absolute Gasteiger partial charge is 0.497 e. The van der Waals surface area contributed by atoms with E-state index in [1.165, 1.54) is 36.9 Å². The second-order valence-electron chi connectivity index (χ2n) is 6.81. The van der Waals surface area contributed by atoms with E-state index in [1.54, 1.807) is 7.11 Å². The maximum atomic E-state index is 6.22. The molecule has 3 atom stereocenters. The number of hydrogen-bond acceptors (Lipinski definition) is 4. The number of methoxy groups -OCH3 is 1. The van der Waals surface area contributed by atoms with Crippen LogP contribution in [0.25, 0.3) is 0 Å². The molecule has 2 fully saturated rings. The number of fused-ring (bicyclic) bond motifs is 3. The van der Waals surface area contributed by atoms with Crippen LogP contribution in [0.5, 0.6) is 5.75 Å². The molecular weight excluding hydrogens is 276 g/mol. The van der Waals surface area contributed by atoms with E-state index in [2.05, 4.69) is 28.8 Å². The Bertz CT molecular complexity index is 528. The van der Waals surface area contributed by atoms with Crippen LogP contribution in [-0.2, 0) is 4.74 Å². The Kier molecular flexibility index (Phi) is 3.97. The molecule has 120 valence electrons. The molecule has 0 saturated carbocycles. The van der Waals surface area contributed by atoms with Gasteiger partial charge in [-0.25, -0.2) is 0 Å². The Morgan fingerprint density at radius 1 is 1.18 bits per heavy atom. The Morgan fingerprint density at radius 3 is 2.86 bits per heavy atom. The minimum absolute atomic E-state index is 0.236. The molecule has 0 spiro atoms. The lowest BCUT2D eigenvalue weighted by atomic mass is 9.73. The van der Waals surface area contributed by atoms with Crippen molar-refractivity contribution in [3.8, 4) is 5.75 Å². The first-order valence-electron chi connectivity index (χ1n) is 8.63. The van der Waals surface area contributed by atoms with Gasteiger partial charge in [-0.3, -0.25) is 0 Å². The minimum Gasteiger partial charge on any atom is -0.497 e. The van der Waals surface area contributed by atoms with Crippen LogP contribution in [0.15, 0.2) is 18.2 Å². The van der Waals surface area contributed by atoms with Crippen molar-refractivity contribution >= 4 is 5.69 Å². The lowest BCUT2D eigenvalue weighted by Crippen LogP contribution is -2.48. The fraction of sp³-hybridized carbons (Fsp3) is 0.667. The molecule has 1 aromatic carbocycles. The van der Waals surface area contributed by atoms with Gasteiger partial charge in [0, 0.05) is 29.8 Å². The van der Waals surface area contributed by atoms with E-state index >= 15 is 0 Å². The summed E-state index contributed by atoms with van der Waals surface area (Å²) in [5.74, 6) is 2.27. The zero-order valence-electron chi connectivity index (χ0n) is 13.3. The van der Waals surface area contributed by atoms with Crippen molar-refractivity contribution in [3.63, 3.8) is 0 Å². The third-order valence-corrected chi connectivity index (χ3v) is 5.61. The molecule has 0 radical (unpaired) electrons. The van der Waals surface area contributed by atoms with Crippen LogP contribution in [0, 0.1) is 11.8 Å². The molecule has 4 rings (SSSR count). The van der Waals surface area contributed by atoms with E-state index in [-0.39, 0.29) is 6.10 Å². The summed E-state index contributed by atoms with van der Waals surface area (Å²) in [4.78, 5) is 0. The van der Waals surface area contributed by atoms with Crippen LogP contribution in [0.3, 0.4) is 0 Å². The maximum Gasteiger partial charge on any atom is 0.119 e. The number of nitrogens with one attached hydrogen (secondary N) is 2. The molecule has 22 heavy (non-hydrogen) atoms. The summed E-state index contributed by atoms with van der Waals surface area (Å²) in [6, 6.07) is 6.92. The van der Waals surface area contributed by atoms with Gasteiger partial charge in [0.25, 0.3) is 0 Å². The van der Waals surface area contributed by atoms with E-state index in [4.69, 9.17) is 9.47 Å².